The molecular weight excluding hydrogens is 460 g/mol. The van der Waals surface area contributed by atoms with Gasteiger partial charge in [0, 0.05) is 11.3 Å². The van der Waals surface area contributed by atoms with Crippen LogP contribution in [0.4, 0.5) is 10.8 Å². The molecule has 0 saturated carbocycles. The van der Waals surface area contributed by atoms with Gasteiger partial charge in [-0.25, -0.2) is 0 Å². The van der Waals surface area contributed by atoms with Crippen LogP contribution in [0, 0.1) is 13.8 Å². The van der Waals surface area contributed by atoms with Crippen LogP contribution >= 0.6 is 23.1 Å². The second-order valence-electron chi connectivity index (χ2n) is 6.94. The molecule has 8 nitrogen and oxygen atoms in total. The zero-order valence-electron chi connectivity index (χ0n) is 18.9. The monoisotopic (exact) mass is 486 g/mol. The number of aromatic nitrogens is 2. The Labute approximate surface area is 201 Å². The first-order valence-electron chi connectivity index (χ1n) is 10.4. The van der Waals surface area contributed by atoms with Gasteiger partial charge in [0.25, 0.3) is 5.91 Å². The molecule has 2 N–H and O–H groups in total. The van der Waals surface area contributed by atoms with E-state index in [9.17, 15) is 9.59 Å². The Hall–Kier alpha value is -3.11. The summed E-state index contributed by atoms with van der Waals surface area (Å²) in [5.74, 6) is 0.818. The van der Waals surface area contributed by atoms with Gasteiger partial charge in [-0.05, 0) is 63.1 Å². The first-order chi connectivity index (χ1) is 15.9. The predicted molar refractivity (Wildman–Crippen MR) is 132 cm³/mol. The standard InChI is InChI=1S/C23H26N4O4S2/c1-5-30-18-11-10-16(12-19(18)31-6-2)21(29)25-22-26-27-23(33-22)32-13-20(28)24-17-9-7-8-14(3)15(17)4/h7-12H,5-6,13H2,1-4H3,(H,24,28)(H,25,26,29). The summed E-state index contributed by atoms with van der Waals surface area (Å²) in [5.41, 5.74) is 3.37. The van der Waals surface area contributed by atoms with E-state index in [0.29, 0.717) is 39.7 Å². The molecule has 0 fully saturated rings. The number of hydrogen-bond donors (Lipinski definition) is 2. The third-order valence-electron chi connectivity index (χ3n) is 4.64. The maximum absolute atomic E-state index is 12.6. The summed E-state index contributed by atoms with van der Waals surface area (Å²) in [6.45, 7) is 8.68. The van der Waals surface area contributed by atoms with Crippen molar-refractivity contribution in [3.8, 4) is 11.5 Å². The van der Waals surface area contributed by atoms with Crippen LogP contribution in [0.25, 0.3) is 0 Å². The molecule has 3 aromatic rings. The third-order valence-corrected chi connectivity index (χ3v) is 6.61. The number of carbonyl (C=O) groups excluding carboxylic acids is 2. The molecule has 0 aliphatic rings. The molecular formula is C23H26N4O4S2. The van der Waals surface area contributed by atoms with Crippen molar-refractivity contribution in [1.82, 2.24) is 10.2 Å². The normalized spacial score (nSPS) is 10.5. The number of benzene rings is 2. The number of amides is 2. The third kappa shape index (κ3) is 6.69. The zero-order chi connectivity index (χ0) is 23.8. The fourth-order valence-electron chi connectivity index (χ4n) is 2.88. The summed E-state index contributed by atoms with van der Waals surface area (Å²) in [6.07, 6.45) is 0. The van der Waals surface area contributed by atoms with Crippen LogP contribution in [0.15, 0.2) is 40.7 Å². The average Bonchev–Trinajstić information content (AvgIpc) is 3.24. The highest BCUT2D eigenvalue weighted by Crippen LogP contribution is 2.30. The van der Waals surface area contributed by atoms with Crippen molar-refractivity contribution in [3.63, 3.8) is 0 Å². The quantitative estimate of drug-likeness (QED) is 0.309. The molecule has 0 spiro atoms. The molecule has 0 saturated heterocycles. The number of anilines is 2. The lowest BCUT2D eigenvalue weighted by molar-refractivity contribution is -0.113. The molecule has 33 heavy (non-hydrogen) atoms. The molecule has 0 aliphatic heterocycles. The van der Waals surface area contributed by atoms with Gasteiger partial charge >= 0.3 is 0 Å². The molecule has 0 bridgehead atoms. The van der Waals surface area contributed by atoms with Crippen LogP contribution in [0.2, 0.25) is 0 Å². The molecule has 3 rings (SSSR count). The summed E-state index contributed by atoms with van der Waals surface area (Å²) in [5, 5.41) is 14.1. The number of nitrogens with one attached hydrogen (secondary N) is 2. The van der Waals surface area contributed by atoms with Gasteiger partial charge in [-0.15, -0.1) is 10.2 Å². The van der Waals surface area contributed by atoms with Crippen LogP contribution in [0.5, 0.6) is 11.5 Å². The summed E-state index contributed by atoms with van der Waals surface area (Å²) < 4.78 is 11.7. The minimum Gasteiger partial charge on any atom is -0.490 e. The second kappa shape index (κ2) is 11.7. The van der Waals surface area contributed by atoms with E-state index in [0.717, 1.165) is 16.8 Å². The van der Waals surface area contributed by atoms with E-state index >= 15 is 0 Å². The summed E-state index contributed by atoms with van der Waals surface area (Å²) >= 11 is 2.47. The van der Waals surface area contributed by atoms with Crippen molar-refractivity contribution in [2.24, 2.45) is 0 Å². The Morgan fingerprint density at radius 1 is 1.00 bits per heavy atom. The maximum atomic E-state index is 12.6. The van der Waals surface area contributed by atoms with Crippen molar-refractivity contribution in [3.05, 3.63) is 53.1 Å². The highest BCUT2D eigenvalue weighted by Gasteiger charge is 2.15. The number of thioether (sulfide) groups is 1. The molecule has 0 radical (unpaired) electrons. The molecule has 0 aliphatic carbocycles. The Morgan fingerprint density at radius 3 is 2.52 bits per heavy atom. The highest BCUT2D eigenvalue weighted by atomic mass is 32.2. The molecule has 2 aromatic carbocycles. The Morgan fingerprint density at radius 2 is 1.76 bits per heavy atom. The van der Waals surface area contributed by atoms with Gasteiger partial charge < -0.3 is 14.8 Å². The highest BCUT2D eigenvalue weighted by molar-refractivity contribution is 8.01. The van der Waals surface area contributed by atoms with Crippen LogP contribution in [0.3, 0.4) is 0 Å². The van der Waals surface area contributed by atoms with Crippen molar-refractivity contribution in [2.75, 3.05) is 29.6 Å². The predicted octanol–water partition coefficient (Wildman–Crippen LogP) is 4.94. The van der Waals surface area contributed by atoms with Crippen LogP contribution < -0.4 is 20.1 Å². The SMILES string of the molecule is CCOc1ccc(C(=O)Nc2nnc(SCC(=O)Nc3cccc(C)c3C)s2)cc1OCC. The number of carbonyl (C=O) groups is 2. The fraction of sp³-hybridized carbons (Fsp3) is 0.304. The van der Waals surface area contributed by atoms with Gasteiger partial charge in [0.05, 0.1) is 19.0 Å². The molecule has 1 aromatic heterocycles. The minimum absolute atomic E-state index is 0.132. The van der Waals surface area contributed by atoms with E-state index in [1.165, 1.54) is 23.1 Å². The van der Waals surface area contributed by atoms with E-state index in [1.807, 2.05) is 45.9 Å². The lowest BCUT2D eigenvalue weighted by atomic mass is 10.1. The zero-order valence-corrected chi connectivity index (χ0v) is 20.6. The Bertz CT molecular complexity index is 1130. The molecule has 0 unspecified atom stereocenters. The van der Waals surface area contributed by atoms with Crippen LogP contribution in [0.1, 0.15) is 35.3 Å². The van der Waals surface area contributed by atoms with Crippen LogP contribution in [-0.2, 0) is 4.79 Å². The number of ether oxygens (including phenoxy) is 2. The molecule has 174 valence electrons. The maximum Gasteiger partial charge on any atom is 0.257 e. The van der Waals surface area contributed by atoms with Gasteiger partial charge in [-0.3, -0.25) is 14.9 Å². The van der Waals surface area contributed by atoms with E-state index < -0.39 is 0 Å². The molecule has 2 amide bonds. The minimum atomic E-state index is -0.334. The van der Waals surface area contributed by atoms with Crippen molar-refractivity contribution < 1.29 is 19.1 Å². The number of aryl methyl sites for hydroxylation is 1. The largest absolute Gasteiger partial charge is 0.490 e. The van der Waals surface area contributed by atoms with Crippen molar-refractivity contribution in [2.45, 2.75) is 32.0 Å². The van der Waals surface area contributed by atoms with Gasteiger partial charge in [0.1, 0.15) is 0 Å². The fourth-order valence-corrected chi connectivity index (χ4v) is 4.43. The first kappa shape index (κ1) is 24.5. The topological polar surface area (TPSA) is 102 Å². The van der Waals surface area contributed by atoms with Crippen LogP contribution in [-0.4, -0.2) is 41.0 Å². The number of hydrogen-bond acceptors (Lipinski definition) is 8. The number of rotatable bonds is 10. The Kier molecular flexibility index (Phi) is 8.67. The molecule has 1 heterocycles. The molecule has 10 heteroatoms. The van der Waals surface area contributed by atoms with Gasteiger partial charge in [0.15, 0.2) is 15.8 Å². The van der Waals surface area contributed by atoms with E-state index in [2.05, 4.69) is 20.8 Å². The lowest BCUT2D eigenvalue weighted by Crippen LogP contribution is -2.15. The van der Waals surface area contributed by atoms with Gasteiger partial charge in [-0.1, -0.05) is 35.2 Å². The molecule has 0 atom stereocenters. The second-order valence-corrected chi connectivity index (χ2v) is 9.14. The summed E-state index contributed by atoms with van der Waals surface area (Å²) in [4.78, 5) is 24.9. The summed E-state index contributed by atoms with van der Waals surface area (Å²) in [7, 11) is 0. The van der Waals surface area contributed by atoms with E-state index in [-0.39, 0.29) is 17.6 Å². The van der Waals surface area contributed by atoms with E-state index in [1.54, 1.807) is 18.2 Å². The summed E-state index contributed by atoms with van der Waals surface area (Å²) in [6, 6.07) is 10.8. The Balaban J connectivity index is 1.57. The van der Waals surface area contributed by atoms with Gasteiger partial charge in [0.2, 0.25) is 11.0 Å². The number of nitrogens with zero attached hydrogens (tertiary/aromatic N) is 2. The van der Waals surface area contributed by atoms with Crippen molar-refractivity contribution >= 4 is 45.7 Å². The average molecular weight is 487 g/mol. The first-order valence-corrected chi connectivity index (χ1v) is 12.2. The van der Waals surface area contributed by atoms with Gasteiger partial charge in [-0.2, -0.15) is 0 Å². The van der Waals surface area contributed by atoms with E-state index in [4.69, 9.17) is 9.47 Å². The smallest absolute Gasteiger partial charge is 0.257 e. The lowest BCUT2D eigenvalue weighted by Gasteiger charge is -2.12. The van der Waals surface area contributed by atoms with Crippen molar-refractivity contribution in [1.29, 1.82) is 0 Å².